The average Bonchev–Trinajstić information content (AvgIpc) is 2.34. The van der Waals surface area contributed by atoms with Gasteiger partial charge in [-0.1, -0.05) is 12.1 Å². The molecular formula is C17H23ClN4. The molecule has 1 fully saturated rings. The van der Waals surface area contributed by atoms with Crippen molar-refractivity contribution in [2.75, 3.05) is 5.32 Å². The zero-order valence-corrected chi connectivity index (χ0v) is 14.3. The third kappa shape index (κ3) is 3.33. The number of halogens is 1. The van der Waals surface area contributed by atoms with E-state index < -0.39 is 0 Å². The average molecular weight is 319 g/mol. The predicted molar refractivity (Wildman–Crippen MR) is 92.5 cm³/mol. The van der Waals surface area contributed by atoms with Crippen LogP contribution in [0.4, 0.5) is 5.82 Å². The molecule has 2 heterocycles. The molecule has 0 bridgehead atoms. The lowest BCUT2D eigenvalue weighted by atomic mass is 9.79. The van der Waals surface area contributed by atoms with Gasteiger partial charge in [0.2, 0.25) is 5.28 Å². The maximum Gasteiger partial charge on any atom is 0.224 e. The maximum absolute atomic E-state index is 6.08. The minimum atomic E-state index is 0.0893. The minimum absolute atomic E-state index is 0.0893. The largest absolute Gasteiger partial charge is 0.367 e. The van der Waals surface area contributed by atoms with Crippen molar-refractivity contribution in [1.82, 2.24) is 15.3 Å². The van der Waals surface area contributed by atoms with Crippen molar-refractivity contribution >= 4 is 28.3 Å². The molecule has 5 heteroatoms. The monoisotopic (exact) mass is 318 g/mol. The van der Waals surface area contributed by atoms with Crippen LogP contribution in [0.3, 0.4) is 0 Å². The van der Waals surface area contributed by atoms with Gasteiger partial charge in [0.05, 0.1) is 5.52 Å². The van der Waals surface area contributed by atoms with Crippen LogP contribution in [-0.4, -0.2) is 27.1 Å². The van der Waals surface area contributed by atoms with Gasteiger partial charge in [0, 0.05) is 22.5 Å². The summed E-state index contributed by atoms with van der Waals surface area (Å²) >= 11 is 6.08. The number of hydrogen-bond donors (Lipinski definition) is 2. The highest BCUT2D eigenvalue weighted by atomic mass is 35.5. The Hall–Kier alpha value is -1.39. The summed E-state index contributed by atoms with van der Waals surface area (Å²) in [5.41, 5.74) is 1.05. The second-order valence-corrected chi connectivity index (χ2v) is 7.84. The molecule has 1 aromatic heterocycles. The fourth-order valence-electron chi connectivity index (χ4n) is 3.78. The molecule has 22 heavy (non-hydrogen) atoms. The van der Waals surface area contributed by atoms with E-state index in [1.807, 2.05) is 24.3 Å². The number of aromatic nitrogens is 2. The number of anilines is 1. The van der Waals surface area contributed by atoms with Crippen molar-refractivity contribution in [2.24, 2.45) is 0 Å². The molecule has 0 aliphatic carbocycles. The Balaban J connectivity index is 1.93. The Bertz CT molecular complexity index is 680. The van der Waals surface area contributed by atoms with Crippen molar-refractivity contribution in [3.8, 4) is 0 Å². The van der Waals surface area contributed by atoms with Crippen LogP contribution in [0.1, 0.15) is 40.5 Å². The Labute approximate surface area is 136 Å². The molecule has 0 amide bonds. The molecule has 2 aromatic rings. The van der Waals surface area contributed by atoms with Gasteiger partial charge < -0.3 is 10.6 Å². The van der Waals surface area contributed by atoms with E-state index in [2.05, 4.69) is 48.3 Å². The summed E-state index contributed by atoms with van der Waals surface area (Å²) in [6.07, 6.45) is 2.07. The van der Waals surface area contributed by atoms with E-state index in [1.165, 1.54) is 0 Å². The van der Waals surface area contributed by atoms with Crippen LogP contribution in [0, 0.1) is 0 Å². The van der Waals surface area contributed by atoms with Crippen LogP contribution in [0.25, 0.3) is 10.9 Å². The van der Waals surface area contributed by atoms with Crippen LogP contribution < -0.4 is 10.6 Å². The molecule has 0 saturated carbocycles. The Morgan fingerprint density at radius 1 is 1.09 bits per heavy atom. The van der Waals surface area contributed by atoms with Crippen molar-refractivity contribution < 1.29 is 0 Å². The number of nitrogens with one attached hydrogen (secondary N) is 2. The summed E-state index contributed by atoms with van der Waals surface area (Å²) in [7, 11) is 0. The first-order chi connectivity index (χ1) is 10.2. The van der Waals surface area contributed by atoms with E-state index in [-0.39, 0.29) is 16.4 Å². The first-order valence-electron chi connectivity index (χ1n) is 7.72. The Kier molecular flexibility index (Phi) is 3.77. The van der Waals surface area contributed by atoms with E-state index in [0.29, 0.717) is 6.04 Å². The highest BCUT2D eigenvalue weighted by Crippen LogP contribution is 2.31. The Morgan fingerprint density at radius 3 is 2.41 bits per heavy atom. The number of benzene rings is 1. The van der Waals surface area contributed by atoms with Crippen LogP contribution in [0.5, 0.6) is 0 Å². The molecule has 3 rings (SSSR count). The van der Waals surface area contributed by atoms with Gasteiger partial charge in [-0.05, 0) is 64.3 Å². The molecule has 1 saturated heterocycles. The fraction of sp³-hybridized carbons (Fsp3) is 0.529. The molecule has 1 aliphatic heterocycles. The first kappa shape index (κ1) is 15.5. The molecule has 1 aliphatic rings. The van der Waals surface area contributed by atoms with E-state index in [0.717, 1.165) is 29.6 Å². The molecule has 0 spiro atoms. The summed E-state index contributed by atoms with van der Waals surface area (Å²) in [6, 6.07) is 8.31. The van der Waals surface area contributed by atoms with Crippen LogP contribution in [0.2, 0.25) is 5.28 Å². The third-order valence-electron chi connectivity index (χ3n) is 4.11. The van der Waals surface area contributed by atoms with Gasteiger partial charge in [-0.15, -0.1) is 0 Å². The van der Waals surface area contributed by atoms with Crippen molar-refractivity contribution in [3.63, 3.8) is 0 Å². The van der Waals surface area contributed by atoms with Crippen LogP contribution >= 0.6 is 11.6 Å². The lowest BCUT2D eigenvalue weighted by Gasteiger charge is -2.46. The molecular weight excluding hydrogens is 296 g/mol. The number of nitrogens with zero attached hydrogens (tertiary/aromatic N) is 2. The predicted octanol–water partition coefficient (Wildman–Crippen LogP) is 4.00. The third-order valence-corrected chi connectivity index (χ3v) is 4.28. The van der Waals surface area contributed by atoms with E-state index >= 15 is 0 Å². The SMILES string of the molecule is CC1(C)CC(Nc2nc(Cl)nc3ccccc23)CC(C)(C)N1. The van der Waals surface area contributed by atoms with Crippen molar-refractivity contribution in [1.29, 1.82) is 0 Å². The topological polar surface area (TPSA) is 49.8 Å². The molecule has 0 radical (unpaired) electrons. The van der Waals surface area contributed by atoms with Gasteiger partial charge in [0.1, 0.15) is 5.82 Å². The molecule has 118 valence electrons. The van der Waals surface area contributed by atoms with Gasteiger partial charge >= 0.3 is 0 Å². The minimum Gasteiger partial charge on any atom is -0.367 e. The van der Waals surface area contributed by atoms with Gasteiger partial charge in [0.25, 0.3) is 0 Å². The second kappa shape index (κ2) is 5.36. The lowest BCUT2D eigenvalue weighted by molar-refractivity contribution is 0.170. The summed E-state index contributed by atoms with van der Waals surface area (Å²) < 4.78 is 0. The molecule has 4 nitrogen and oxygen atoms in total. The zero-order valence-electron chi connectivity index (χ0n) is 13.6. The van der Waals surface area contributed by atoms with Crippen molar-refractivity contribution in [3.05, 3.63) is 29.5 Å². The van der Waals surface area contributed by atoms with Gasteiger partial charge in [-0.3, -0.25) is 0 Å². The Morgan fingerprint density at radius 2 is 1.73 bits per heavy atom. The van der Waals surface area contributed by atoms with Crippen molar-refractivity contribution in [2.45, 2.75) is 57.7 Å². The summed E-state index contributed by atoms with van der Waals surface area (Å²) in [6.45, 7) is 8.97. The summed E-state index contributed by atoms with van der Waals surface area (Å²) in [5.74, 6) is 0.828. The fourth-order valence-corrected chi connectivity index (χ4v) is 3.95. The number of hydrogen-bond acceptors (Lipinski definition) is 4. The van der Waals surface area contributed by atoms with Gasteiger partial charge in [0.15, 0.2) is 0 Å². The smallest absolute Gasteiger partial charge is 0.224 e. The lowest BCUT2D eigenvalue weighted by Crippen LogP contribution is -2.60. The van der Waals surface area contributed by atoms with E-state index in [9.17, 15) is 0 Å². The number of rotatable bonds is 2. The molecule has 0 unspecified atom stereocenters. The summed E-state index contributed by atoms with van der Waals surface area (Å²) in [5, 5.41) is 8.60. The zero-order chi connectivity index (χ0) is 16.0. The maximum atomic E-state index is 6.08. The van der Waals surface area contributed by atoms with E-state index in [1.54, 1.807) is 0 Å². The number of para-hydroxylation sites is 1. The summed E-state index contributed by atoms with van der Waals surface area (Å²) in [4.78, 5) is 8.70. The standard InChI is InChI=1S/C17H23ClN4/c1-16(2)9-11(10-17(3,4)22-16)19-14-12-7-5-6-8-13(12)20-15(18)21-14/h5-8,11,22H,9-10H2,1-4H3,(H,19,20,21). The highest BCUT2D eigenvalue weighted by molar-refractivity contribution is 6.28. The van der Waals surface area contributed by atoms with E-state index in [4.69, 9.17) is 11.6 Å². The number of fused-ring (bicyclic) bond motifs is 1. The molecule has 1 aromatic carbocycles. The van der Waals surface area contributed by atoms with Gasteiger partial charge in [-0.2, -0.15) is 0 Å². The normalized spacial score (nSPS) is 21.0. The first-order valence-corrected chi connectivity index (χ1v) is 8.10. The van der Waals surface area contributed by atoms with Crippen LogP contribution in [0.15, 0.2) is 24.3 Å². The van der Waals surface area contributed by atoms with Gasteiger partial charge in [-0.25, -0.2) is 9.97 Å². The number of piperidine rings is 1. The molecule has 2 N–H and O–H groups in total. The highest BCUT2D eigenvalue weighted by Gasteiger charge is 2.37. The van der Waals surface area contributed by atoms with Crippen LogP contribution in [-0.2, 0) is 0 Å². The quantitative estimate of drug-likeness (QED) is 0.822. The second-order valence-electron chi connectivity index (χ2n) is 7.50. The molecule has 0 atom stereocenters.